The predicted molar refractivity (Wildman–Crippen MR) is 89.6 cm³/mol. The van der Waals surface area contributed by atoms with Crippen LogP contribution in [0.3, 0.4) is 0 Å². The number of hydrogen-bond acceptors (Lipinski definition) is 5. The molecule has 0 saturated heterocycles. The Bertz CT molecular complexity index is 715. The summed E-state index contributed by atoms with van der Waals surface area (Å²) in [7, 11) is 1.72. The molecule has 6 heteroatoms. The van der Waals surface area contributed by atoms with E-state index in [1.54, 1.807) is 18.9 Å². The lowest BCUT2D eigenvalue weighted by molar-refractivity contribution is -0.140. The fourth-order valence-electron chi connectivity index (χ4n) is 3.16. The molecule has 1 atom stereocenters. The Balaban J connectivity index is 2.51. The number of hydrogen-bond donors (Lipinski definition) is 1. The molecule has 0 spiro atoms. The van der Waals surface area contributed by atoms with Gasteiger partial charge in [0.1, 0.15) is 23.5 Å². The number of pyridine rings is 1. The largest absolute Gasteiger partial charge is 0.481 e. The molecule has 1 heterocycles. The summed E-state index contributed by atoms with van der Waals surface area (Å²) in [4.78, 5) is 17.4. The SMILES string of the molecule is CC(CN(C)c1nc2c(c(C#N)c1C#N)CCCCCC2)C(=O)O. The lowest BCUT2D eigenvalue weighted by Crippen LogP contribution is -2.30. The molecule has 1 unspecified atom stereocenters. The average Bonchev–Trinajstić information content (AvgIpc) is 2.53. The van der Waals surface area contributed by atoms with Gasteiger partial charge in [-0.3, -0.25) is 4.79 Å². The van der Waals surface area contributed by atoms with E-state index in [1.807, 2.05) is 0 Å². The number of carboxylic acids is 1. The van der Waals surface area contributed by atoms with Crippen LogP contribution in [0.25, 0.3) is 0 Å². The molecule has 1 N–H and O–H groups in total. The molecule has 0 bridgehead atoms. The molecule has 6 nitrogen and oxygen atoms in total. The maximum absolute atomic E-state index is 11.1. The van der Waals surface area contributed by atoms with Crippen LogP contribution in [0, 0.1) is 28.6 Å². The fourth-order valence-corrected chi connectivity index (χ4v) is 3.16. The number of nitriles is 2. The topological polar surface area (TPSA) is 101 Å². The zero-order valence-corrected chi connectivity index (χ0v) is 14.2. The van der Waals surface area contributed by atoms with E-state index in [9.17, 15) is 15.3 Å². The molecule has 126 valence electrons. The Morgan fingerprint density at radius 1 is 1.21 bits per heavy atom. The molecule has 0 aromatic carbocycles. The highest BCUT2D eigenvalue weighted by Gasteiger charge is 2.24. The summed E-state index contributed by atoms with van der Waals surface area (Å²) in [6, 6.07) is 4.30. The summed E-state index contributed by atoms with van der Waals surface area (Å²) in [5.74, 6) is -1.07. The number of anilines is 1. The number of carbonyl (C=O) groups is 1. The highest BCUT2D eigenvalue weighted by Crippen LogP contribution is 2.29. The van der Waals surface area contributed by atoms with E-state index in [2.05, 4.69) is 17.1 Å². The van der Waals surface area contributed by atoms with E-state index in [1.165, 1.54) is 0 Å². The number of rotatable bonds is 4. The summed E-state index contributed by atoms with van der Waals surface area (Å²) in [6.45, 7) is 1.85. The number of fused-ring (bicyclic) bond motifs is 1. The number of aryl methyl sites for hydroxylation is 1. The summed E-state index contributed by atoms with van der Waals surface area (Å²) in [5, 5.41) is 28.3. The van der Waals surface area contributed by atoms with Crippen molar-refractivity contribution in [1.29, 1.82) is 10.5 Å². The highest BCUT2D eigenvalue weighted by molar-refractivity contribution is 5.71. The van der Waals surface area contributed by atoms with Crippen molar-refractivity contribution in [2.75, 3.05) is 18.5 Å². The zero-order chi connectivity index (χ0) is 17.7. The van der Waals surface area contributed by atoms with Gasteiger partial charge in [0.15, 0.2) is 0 Å². The second-order valence-corrected chi connectivity index (χ2v) is 6.37. The van der Waals surface area contributed by atoms with Crippen LogP contribution >= 0.6 is 0 Å². The zero-order valence-electron chi connectivity index (χ0n) is 14.2. The van der Waals surface area contributed by atoms with Crippen molar-refractivity contribution in [3.05, 3.63) is 22.4 Å². The first-order valence-electron chi connectivity index (χ1n) is 8.29. The van der Waals surface area contributed by atoms with E-state index in [-0.39, 0.29) is 12.1 Å². The maximum atomic E-state index is 11.1. The minimum Gasteiger partial charge on any atom is -0.481 e. The Hall–Kier alpha value is -2.60. The Morgan fingerprint density at radius 3 is 2.42 bits per heavy atom. The molecule has 0 aliphatic heterocycles. The second kappa shape index (κ2) is 7.79. The van der Waals surface area contributed by atoms with Gasteiger partial charge in [0.2, 0.25) is 0 Å². The van der Waals surface area contributed by atoms with Crippen molar-refractivity contribution in [1.82, 2.24) is 4.98 Å². The quantitative estimate of drug-likeness (QED) is 0.912. The van der Waals surface area contributed by atoms with E-state index in [0.29, 0.717) is 11.4 Å². The first-order chi connectivity index (χ1) is 11.5. The van der Waals surface area contributed by atoms with Crippen LogP contribution in [0.2, 0.25) is 0 Å². The minimum atomic E-state index is -0.896. The van der Waals surface area contributed by atoms with Crippen LogP contribution in [0.15, 0.2) is 0 Å². The van der Waals surface area contributed by atoms with Crippen molar-refractivity contribution in [3.63, 3.8) is 0 Å². The molecule has 0 saturated carbocycles. The van der Waals surface area contributed by atoms with Gasteiger partial charge in [-0.25, -0.2) is 4.98 Å². The summed E-state index contributed by atoms with van der Waals surface area (Å²) in [6.07, 6.45) is 5.86. The summed E-state index contributed by atoms with van der Waals surface area (Å²) < 4.78 is 0. The smallest absolute Gasteiger partial charge is 0.308 e. The molecule has 0 radical (unpaired) electrons. The van der Waals surface area contributed by atoms with Gasteiger partial charge >= 0.3 is 5.97 Å². The Morgan fingerprint density at radius 2 is 1.83 bits per heavy atom. The van der Waals surface area contributed by atoms with Crippen molar-refractivity contribution in [2.45, 2.75) is 45.4 Å². The lowest BCUT2D eigenvalue weighted by Gasteiger charge is -2.24. The molecule has 1 aliphatic rings. The summed E-state index contributed by atoms with van der Waals surface area (Å²) in [5.41, 5.74) is 2.46. The van der Waals surface area contributed by atoms with Crippen LogP contribution in [0.5, 0.6) is 0 Å². The predicted octanol–water partition coefficient (Wildman–Crippen LogP) is 2.64. The second-order valence-electron chi connectivity index (χ2n) is 6.37. The van der Waals surface area contributed by atoms with Crippen molar-refractivity contribution >= 4 is 11.8 Å². The van der Waals surface area contributed by atoms with Gasteiger partial charge in [0.05, 0.1) is 11.5 Å². The van der Waals surface area contributed by atoms with Crippen LogP contribution < -0.4 is 4.90 Å². The third kappa shape index (κ3) is 3.65. The van der Waals surface area contributed by atoms with Crippen molar-refractivity contribution < 1.29 is 9.90 Å². The molecular formula is C18H22N4O2. The van der Waals surface area contributed by atoms with E-state index >= 15 is 0 Å². The third-order valence-corrected chi connectivity index (χ3v) is 4.51. The van der Waals surface area contributed by atoms with Crippen LogP contribution in [0.4, 0.5) is 5.82 Å². The number of aromatic nitrogens is 1. The third-order valence-electron chi connectivity index (χ3n) is 4.51. The lowest BCUT2D eigenvalue weighted by atomic mass is 9.91. The van der Waals surface area contributed by atoms with Gasteiger partial charge in [-0.15, -0.1) is 0 Å². The van der Waals surface area contributed by atoms with Crippen LogP contribution in [-0.2, 0) is 17.6 Å². The highest BCUT2D eigenvalue weighted by atomic mass is 16.4. The van der Waals surface area contributed by atoms with Crippen LogP contribution in [-0.4, -0.2) is 29.7 Å². The Labute approximate surface area is 142 Å². The van der Waals surface area contributed by atoms with Crippen molar-refractivity contribution in [2.24, 2.45) is 5.92 Å². The fraction of sp³-hybridized carbons (Fsp3) is 0.556. The standard InChI is InChI=1S/C18H22N4O2/c1-12(18(23)24)11-22(2)17-15(10-20)14(9-19)13-7-5-3-4-6-8-16(13)21-17/h12H,3-8,11H2,1-2H3,(H,23,24). The van der Waals surface area contributed by atoms with Gasteiger partial charge in [0.25, 0.3) is 0 Å². The molecule has 0 fully saturated rings. The molecule has 1 aliphatic carbocycles. The van der Waals surface area contributed by atoms with E-state index in [0.717, 1.165) is 49.8 Å². The maximum Gasteiger partial charge on any atom is 0.308 e. The molecule has 1 aromatic rings. The van der Waals surface area contributed by atoms with Crippen LogP contribution in [0.1, 0.15) is 55.0 Å². The van der Waals surface area contributed by atoms with Gasteiger partial charge < -0.3 is 10.0 Å². The van der Waals surface area contributed by atoms with Gasteiger partial charge in [-0.1, -0.05) is 19.8 Å². The number of carboxylic acid groups (broad SMARTS) is 1. The summed E-state index contributed by atoms with van der Waals surface area (Å²) >= 11 is 0. The molecular weight excluding hydrogens is 304 g/mol. The molecule has 0 amide bonds. The van der Waals surface area contributed by atoms with E-state index in [4.69, 9.17) is 5.11 Å². The Kier molecular flexibility index (Phi) is 5.76. The number of aliphatic carboxylic acids is 1. The molecule has 1 aromatic heterocycles. The first-order valence-corrected chi connectivity index (χ1v) is 8.29. The molecule has 2 rings (SSSR count). The monoisotopic (exact) mass is 326 g/mol. The number of nitrogens with zero attached hydrogens (tertiary/aromatic N) is 4. The van der Waals surface area contributed by atoms with Gasteiger partial charge in [-0.05, 0) is 31.2 Å². The average molecular weight is 326 g/mol. The van der Waals surface area contributed by atoms with E-state index < -0.39 is 11.9 Å². The first kappa shape index (κ1) is 17.7. The molecule has 24 heavy (non-hydrogen) atoms. The normalized spacial score (nSPS) is 15.2. The van der Waals surface area contributed by atoms with Crippen molar-refractivity contribution in [3.8, 4) is 12.1 Å². The minimum absolute atomic E-state index is 0.237. The van der Waals surface area contributed by atoms with Gasteiger partial charge in [0, 0.05) is 19.3 Å². The van der Waals surface area contributed by atoms with Gasteiger partial charge in [-0.2, -0.15) is 10.5 Å².